The van der Waals surface area contributed by atoms with Crippen molar-refractivity contribution in [1.29, 1.82) is 0 Å². The van der Waals surface area contributed by atoms with E-state index in [1.165, 1.54) is 0 Å². The smallest absolute Gasteiger partial charge is 0.348 e. The molecule has 0 aliphatic heterocycles. The SMILES string of the molecule is NC(=O)N(S)OC=O. The molecule has 0 rings (SSSR count). The summed E-state index contributed by atoms with van der Waals surface area (Å²) in [6, 6.07) is -0.944. The summed E-state index contributed by atoms with van der Waals surface area (Å²) in [5, 5.41) is 0. The van der Waals surface area contributed by atoms with Crippen LogP contribution in [0.25, 0.3) is 0 Å². The average Bonchev–Trinajstić information content (AvgIpc) is 1.67. The van der Waals surface area contributed by atoms with Gasteiger partial charge in [0.2, 0.25) is 0 Å². The standard InChI is InChI=1S/C2H4N2O3S/c3-2(6)4(8)7-1-5/h1,8H,(H2,3,6). The summed E-state index contributed by atoms with van der Waals surface area (Å²) in [6.07, 6.45) is 0. The van der Waals surface area contributed by atoms with Crippen molar-refractivity contribution in [2.24, 2.45) is 5.73 Å². The molecule has 2 N–H and O–H groups in total. The van der Waals surface area contributed by atoms with Gasteiger partial charge in [0, 0.05) is 0 Å². The molecule has 0 bridgehead atoms. The second-order valence-electron chi connectivity index (χ2n) is 0.813. The fourth-order valence-electron chi connectivity index (χ4n) is 0.0927. The second-order valence-corrected chi connectivity index (χ2v) is 1.18. The summed E-state index contributed by atoms with van der Waals surface area (Å²) < 4.78 is 0.312. The number of rotatable bonds is 2. The van der Waals surface area contributed by atoms with Gasteiger partial charge < -0.3 is 10.6 Å². The van der Waals surface area contributed by atoms with Crippen molar-refractivity contribution in [3.05, 3.63) is 0 Å². The molecule has 0 spiro atoms. The number of carbonyl (C=O) groups excluding carboxylic acids is 2. The van der Waals surface area contributed by atoms with E-state index >= 15 is 0 Å². The molecule has 0 aromatic rings. The molecule has 0 aromatic heterocycles. The van der Waals surface area contributed by atoms with E-state index in [4.69, 9.17) is 0 Å². The van der Waals surface area contributed by atoms with Crippen LogP contribution in [0.2, 0.25) is 0 Å². The number of hydrogen-bond donors (Lipinski definition) is 2. The lowest BCUT2D eigenvalue weighted by Crippen LogP contribution is -2.27. The number of primary amides is 1. The minimum absolute atomic E-state index is 0.0394. The van der Waals surface area contributed by atoms with Crippen molar-refractivity contribution in [1.82, 2.24) is 4.47 Å². The van der Waals surface area contributed by atoms with Crippen molar-refractivity contribution >= 4 is 25.3 Å². The van der Waals surface area contributed by atoms with Gasteiger partial charge in [0.1, 0.15) is 0 Å². The molecule has 46 valence electrons. The lowest BCUT2D eigenvalue weighted by atomic mass is 11.2. The van der Waals surface area contributed by atoms with E-state index in [0.29, 0.717) is 4.47 Å². The van der Waals surface area contributed by atoms with Gasteiger partial charge in [-0.05, 0) is 12.8 Å². The van der Waals surface area contributed by atoms with Gasteiger partial charge in [-0.25, -0.2) is 4.79 Å². The van der Waals surface area contributed by atoms with Crippen molar-refractivity contribution < 1.29 is 14.4 Å². The molecule has 5 nitrogen and oxygen atoms in total. The molecule has 0 fully saturated rings. The van der Waals surface area contributed by atoms with Crippen LogP contribution in [0.5, 0.6) is 0 Å². The second kappa shape index (κ2) is 3.14. The maximum Gasteiger partial charge on any atom is 0.358 e. The van der Waals surface area contributed by atoms with Gasteiger partial charge in [0.15, 0.2) is 0 Å². The molecule has 0 heterocycles. The van der Waals surface area contributed by atoms with E-state index in [1.54, 1.807) is 0 Å². The molecule has 0 saturated carbocycles. The van der Waals surface area contributed by atoms with Crippen molar-refractivity contribution in [2.75, 3.05) is 0 Å². The van der Waals surface area contributed by atoms with E-state index in [9.17, 15) is 9.59 Å². The summed E-state index contributed by atoms with van der Waals surface area (Å²) in [5.74, 6) is 0. The maximum atomic E-state index is 9.88. The normalized spacial score (nSPS) is 7.62. The summed E-state index contributed by atoms with van der Waals surface area (Å²) in [4.78, 5) is 23.1. The van der Waals surface area contributed by atoms with E-state index in [2.05, 4.69) is 23.4 Å². The van der Waals surface area contributed by atoms with Gasteiger partial charge in [-0.2, -0.15) is 0 Å². The van der Waals surface area contributed by atoms with E-state index in [0.717, 1.165) is 0 Å². The highest BCUT2D eigenvalue weighted by Crippen LogP contribution is 1.88. The molecule has 0 aliphatic rings. The van der Waals surface area contributed by atoms with Crippen LogP contribution in [0.4, 0.5) is 4.79 Å². The van der Waals surface area contributed by atoms with Crippen LogP contribution in [0.15, 0.2) is 0 Å². The predicted octanol–water partition coefficient (Wildman–Crippen LogP) is -0.700. The van der Waals surface area contributed by atoms with Crippen molar-refractivity contribution in [2.45, 2.75) is 0 Å². The third-order valence-corrected chi connectivity index (χ3v) is 0.623. The number of amides is 2. The van der Waals surface area contributed by atoms with Gasteiger partial charge in [-0.15, -0.1) is 0 Å². The first kappa shape index (κ1) is 7.09. The highest BCUT2D eigenvalue weighted by molar-refractivity contribution is 7.78. The third-order valence-electron chi connectivity index (χ3n) is 0.331. The first-order chi connectivity index (χ1) is 3.68. The minimum Gasteiger partial charge on any atom is -0.348 e. The Kier molecular flexibility index (Phi) is 2.78. The molecule has 2 amide bonds. The van der Waals surface area contributed by atoms with Crippen LogP contribution < -0.4 is 5.73 Å². The van der Waals surface area contributed by atoms with Crippen LogP contribution in [-0.2, 0) is 9.63 Å². The molecule has 8 heavy (non-hydrogen) atoms. The zero-order valence-corrected chi connectivity index (χ0v) is 4.67. The van der Waals surface area contributed by atoms with Gasteiger partial charge in [-0.1, -0.05) is 4.47 Å². The quantitative estimate of drug-likeness (QED) is 0.299. The monoisotopic (exact) mass is 136 g/mol. The van der Waals surface area contributed by atoms with E-state index in [1.807, 2.05) is 0 Å². The lowest BCUT2D eigenvalue weighted by molar-refractivity contribution is -0.143. The molecular formula is C2H4N2O3S. The molecule has 6 heteroatoms. The molecule has 0 unspecified atom stereocenters. The molecule has 0 aromatic carbocycles. The van der Waals surface area contributed by atoms with Crippen LogP contribution in [0.1, 0.15) is 0 Å². The molecule has 0 atom stereocenters. The summed E-state index contributed by atoms with van der Waals surface area (Å²) in [6.45, 7) is 0.0394. The zero-order chi connectivity index (χ0) is 6.57. The van der Waals surface area contributed by atoms with E-state index < -0.39 is 6.03 Å². The third kappa shape index (κ3) is 2.30. The molecule has 0 radical (unpaired) electrons. The Balaban J connectivity index is 3.46. The Morgan fingerprint density at radius 1 is 1.88 bits per heavy atom. The Hall–Kier alpha value is -0.910. The van der Waals surface area contributed by atoms with Crippen LogP contribution >= 0.6 is 12.8 Å². The summed E-state index contributed by atoms with van der Waals surface area (Å²) in [7, 11) is 0. The fourth-order valence-corrected chi connectivity index (χ4v) is 0.131. The highest BCUT2D eigenvalue weighted by Gasteiger charge is 2.01. The fraction of sp³-hybridized carbons (Fsp3) is 0. The van der Waals surface area contributed by atoms with Crippen molar-refractivity contribution in [3.8, 4) is 0 Å². The minimum atomic E-state index is -0.944. The Morgan fingerprint density at radius 2 is 2.38 bits per heavy atom. The van der Waals surface area contributed by atoms with Crippen LogP contribution in [0.3, 0.4) is 0 Å². The highest BCUT2D eigenvalue weighted by atomic mass is 32.1. The first-order valence-corrected chi connectivity index (χ1v) is 1.97. The molecular weight excluding hydrogens is 132 g/mol. The Bertz CT molecular complexity index is 105. The average molecular weight is 136 g/mol. The largest absolute Gasteiger partial charge is 0.358 e. The molecule has 0 saturated heterocycles. The lowest BCUT2D eigenvalue weighted by Gasteiger charge is -2.05. The van der Waals surface area contributed by atoms with Gasteiger partial charge >= 0.3 is 12.5 Å². The van der Waals surface area contributed by atoms with Gasteiger partial charge in [0.05, 0.1) is 0 Å². The van der Waals surface area contributed by atoms with Gasteiger partial charge in [-0.3, -0.25) is 4.79 Å². The number of carbonyl (C=O) groups is 2. The molecule has 0 aliphatic carbocycles. The topological polar surface area (TPSA) is 72.6 Å². The Labute approximate surface area is 50.9 Å². The maximum absolute atomic E-state index is 9.88. The zero-order valence-electron chi connectivity index (χ0n) is 3.77. The van der Waals surface area contributed by atoms with Crippen LogP contribution in [0, 0.1) is 0 Å². The van der Waals surface area contributed by atoms with Crippen molar-refractivity contribution in [3.63, 3.8) is 0 Å². The number of nitrogens with zero attached hydrogens (tertiary/aromatic N) is 1. The summed E-state index contributed by atoms with van der Waals surface area (Å²) >= 11 is 3.31. The summed E-state index contributed by atoms with van der Waals surface area (Å²) in [5.41, 5.74) is 4.55. The number of hydroxylamine groups is 1. The number of thiol groups is 1. The van der Waals surface area contributed by atoms with Gasteiger partial charge in [0.25, 0.3) is 0 Å². The first-order valence-electron chi connectivity index (χ1n) is 1.57. The predicted molar refractivity (Wildman–Crippen MR) is 27.6 cm³/mol. The number of hydrogen-bond acceptors (Lipinski definition) is 4. The Morgan fingerprint density at radius 3 is 2.50 bits per heavy atom. The number of urea groups is 1. The number of nitrogens with two attached hydrogens (primary N) is 1. The van der Waals surface area contributed by atoms with E-state index in [-0.39, 0.29) is 6.47 Å². The van der Waals surface area contributed by atoms with Crippen LogP contribution in [-0.4, -0.2) is 17.0 Å².